The van der Waals surface area contributed by atoms with Gasteiger partial charge in [0.1, 0.15) is 5.75 Å². The monoisotopic (exact) mass is 373 g/mol. The van der Waals surface area contributed by atoms with Gasteiger partial charge in [0.25, 0.3) is 5.91 Å². The lowest BCUT2D eigenvalue weighted by atomic mass is 10.1. The number of rotatable bonds is 6. The predicted octanol–water partition coefficient (Wildman–Crippen LogP) is 4.56. The molecule has 0 radical (unpaired) electrons. The summed E-state index contributed by atoms with van der Waals surface area (Å²) in [6.45, 7) is 2.62. The summed E-state index contributed by atoms with van der Waals surface area (Å²) in [5.41, 5.74) is 3.63. The zero-order valence-electron chi connectivity index (χ0n) is 14.4. The van der Waals surface area contributed by atoms with Gasteiger partial charge in [-0.2, -0.15) is 0 Å². The zero-order valence-corrected chi connectivity index (χ0v) is 16.0. The molecule has 1 aliphatic rings. The van der Waals surface area contributed by atoms with Gasteiger partial charge in [-0.3, -0.25) is 4.79 Å². The van der Waals surface area contributed by atoms with Crippen molar-refractivity contribution in [3.05, 3.63) is 65.2 Å². The van der Waals surface area contributed by atoms with E-state index < -0.39 is 0 Å². The van der Waals surface area contributed by atoms with Gasteiger partial charge in [-0.15, -0.1) is 23.5 Å². The largest absolute Gasteiger partial charge is 0.484 e. The van der Waals surface area contributed by atoms with Crippen LogP contribution in [0.5, 0.6) is 5.75 Å². The maximum atomic E-state index is 12.0. The second-order valence-corrected chi connectivity index (χ2v) is 8.71. The number of hydrogen-bond acceptors (Lipinski definition) is 4. The van der Waals surface area contributed by atoms with Gasteiger partial charge in [-0.25, -0.2) is 0 Å². The van der Waals surface area contributed by atoms with Gasteiger partial charge in [-0.1, -0.05) is 36.4 Å². The number of amides is 1. The van der Waals surface area contributed by atoms with E-state index in [2.05, 4.69) is 17.4 Å². The van der Waals surface area contributed by atoms with Crippen molar-refractivity contribution in [2.45, 2.75) is 24.5 Å². The van der Waals surface area contributed by atoms with E-state index in [4.69, 9.17) is 4.74 Å². The summed E-state index contributed by atoms with van der Waals surface area (Å²) in [4.78, 5) is 12.0. The van der Waals surface area contributed by atoms with Crippen molar-refractivity contribution in [1.29, 1.82) is 0 Å². The Hall–Kier alpha value is -1.59. The Bertz CT molecular complexity index is 697. The Kier molecular flexibility index (Phi) is 6.70. The first kappa shape index (κ1) is 18.2. The highest BCUT2D eigenvalue weighted by molar-refractivity contribution is 8.16. The van der Waals surface area contributed by atoms with Crippen LogP contribution in [0.25, 0.3) is 0 Å². The van der Waals surface area contributed by atoms with Crippen LogP contribution in [0, 0.1) is 6.92 Å². The maximum absolute atomic E-state index is 12.0. The molecule has 0 bridgehead atoms. The average molecular weight is 374 g/mol. The molecule has 1 saturated heterocycles. The highest BCUT2D eigenvalue weighted by Crippen LogP contribution is 2.43. The fourth-order valence-electron chi connectivity index (χ4n) is 2.60. The zero-order chi connectivity index (χ0) is 17.5. The summed E-state index contributed by atoms with van der Waals surface area (Å²) < 4.78 is 6.13. The molecule has 0 aromatic heterocycles. The smallest absolute Gasteiger partial charge is 0.258 e. The van der Waals surface area contributed by atoms with Crippen molar-refractivity contribution < 1.29 is 9.53 Å². The molecule has 2 aromatic rings. The lowest BCUT2D eigenvalue weighted by Crippen LogP contribution is -2.28. The van der Waals surface area contributed by atoms with Crippen LogP contribution in [0.2, 0.25) is 0 Å². The van der Waals surface area contributed by atoms with E-state index >= 15 is 0 Å². The van der Waals surface area contributed by atoms with Crippen LogP contribution in [0.1, 0.15) is 27.7 Å². The SMILES string of the molecule is Cc1ccccc1CNC(=O)COc1ccc(C2SCCCS2)cc1. The second kappa shape index (κ2) is 9.20. The molecule has 132 valence electrons. The number of thioether (sulfide) groups is 2. The molecule has 1 fully saturated rings. The molecule has 1 amide bonds. The van der Waals surface area contributed by atoms with Crippen LogP contribution in [0.15, 0.2) is 48.5 Å². The van der Waals surface area contributed by atoms with Crippen molar-refractivity contribution in [2.75, 3.05) is 18.1 Å². The van der Waals surface area contributed by atoms with Gasteiger partial charge in [-0.05, 0) is 53.7 Å². The second-order valence-electron chi connectivity index (χ2n) is 5.99. The molecule has 3 rings (SSSR count). The highest BCUT2D eigenvalue weighted by atomic mass is 32.2. The molecule has 1 heterocycles. The van der Waals surface area contributed by atoms with E-state index in [9.17, 15) is 4.79 Å². The molecule has 3 nitrogen and oxygen atoms in total. The number of hydrogen-bond donors (Lipinski definition) is 1. The maximum Gasteiger partial charge on any atom is 0.258 e. The number of carbonyl (C=O) groups is 1. The molecule has 25 heavy (non-hydrogen) atoms. The van der Waals surface area contributed by atoms with Gasteiger partial charge in [0.15, 0.2) is 6.61 Å². The fraction of sp³-hybridized carbons (Fsp3) is 0.350. The summed E-state index contributed by atoms with van der Waals surface area (Å²) >= 11 is 4.01. The number of benzene rings is 2. The summed E-state index contributed by atoms with van der Waals surface area (Å²) in [5.74, 6) is 3.10. The molecule has 0 aliphatic carbocycles. The molecular formula is C20H23NO2S2. The summed E-state index contributed by atoms with van der Waals surface area (Å²) in [6, 6.07) is 16.2. The van der Waals surface area contributed by atoms with Crippen LogP contribution in [0.4, 0.5) is 0 Å². The summed E-state index contributed by atoms with van der Waals surface area (Å²) in [7, 11) is 0. The van der Waals surface area contributed by atoms with E-state index in [0.29, 0.717) is 11.1 Å². The third-order valence-corrected chi connectivity index (χ3v) is 7.10. The quantitative estimate of drug-likeness (QED) is 0.806. The first-order valence-electron chi connectivity index (χ1n) is 8.49. The van der Waals surface area contributed by atoms with Crippen molar-refractivity contribution >= 4 is 29.4 Å². The van der Waals surface area contributed by atoms with Gasteiger partial charge < -0.3 is 10.1 Å². The third-order valence-electron chi connectivity index (χ3n) is 4.09. The minimum Gasteiger partial charge on any atom is -0.484 e. The van der Waals surface area contributed by atoms with Crippen molar-refractivity contribution in [1.82, 2.24) is 5.32 Å². The normalized spacial score (nSPS) is 14.9. The Morgan fingerprint density at radius 3 is 2.56 bits per heavy atom. The molecular weight excluding hydrogens is 350 g/mol. The first-order valence-corrected chi connectivity index (χ1v) is 10.6. The fourth-order valence-corrected chi connectivity index (χ4v) is 5.50. The van der Waals surface area contributed by atoms with E-state index in [1.165, 1.54) is 29.1 Å². The summed E-state index contributed by atoms with van der Waals surface area (Å²) in [5, 5.41) is 2.90. The standard InChI is InChI=1S/C20H23NO2S2/c1-15-5-2-3-6-17(15)13-21-19(22)14-23-18-9-7-16(8-10-18)20-24-11-4-12-25-20/h2-3,5-10,20H,4,11-14H2,1H3,(H,21,22). The molecule has 0 atom stereocenters. The lowest BCUT2D eigenvalue weighted by molar-refractivity contribution is -0.123. The van der Waals surface area contributed by atoms with Crippen molar-refractivity contribution in [2.24, 2.45) is 0 Å². The van der Waals surface area contributed by atoms with Crippen LogP contribution >= 0.6 is 23.5 Å². The van der Waals surface area contributed by atoms with Gasteiger partial charge in [0, 0.05) is 6.54 Å². The Morgan fingerprint density at radius 1 is 1.12 bits per heavy atom. The molecule has 0 unspecified atom stereocenters. The minimum atomic E-state index is -0.106. The molecule has 2 aromatic carbocycles. The van der Waals surface area contributed by atoms with Gasteiger partial charge >= 0.3 is 0 Å². The average Bonchev–Trinajstić information content (AvgIpc) is 2.67. The van der Waals surface area contributed by atoms with Gasteiger partial charge in [0.2, 0.25) is 0 Å². The number of ether oxygens (including phenoxy) is 1. The Labute approximate surface area is 157 Å². The minimum absolute atomic E-state index is 0.0398. The molecule has 1 N–H and O–H groups in total. The predicted molar refractivity (Wildman–Crippen MR) is 107 cm³/mol. The van der Waals surface area contributed by atoms with E-state index in [-0.39, 0.29) is 12.5 Å². The molecule has 0 saturated carbocycles. The van der Waals surface area contributed by atoms with Crippen LogP contribution < -0.4 is 10.1 Å². The topological polar surface area (TPSA) is 38.3 Å². The van der Waals surface area contributed by atoms with Crippen LogP contribution in [-0.2, 0) is 11.3 Å². The van der Waals surface area contributed by atoms with E-state index in [0.717, 1.165) is 11.3 Å². The number of carbonyl (C=O) groups excluding carboxylic acids is 1. The van der Waals surface area contributed by atoms with E-state index in [1.54, 1.807) is 0 Å². The van der Waals surface area contributed by atoms with Crippen molar-refractivity contribution in [3.8, 4) is 5.75 Å². The van der Waals surface area contributed by atoms with Crippen LogP contribution in [-0.4, -0.2) is 24.0 Å². The van der Waals surface area contributed by atoms with E-state index in [1.807, 2.05) is 66.8 Å². The van der Waals surface area contributed by atoms with Crippen LogP contribution in [0.3, 0.4) is 0 Å². The molecule has 0 spiro atoms. The summed E-state index contributed by atoms with van der Waals surface area (Å²) in [6.07, 6.45) is 1.30. The first-order chi connectivity index (χ1) is 12.2. The third kappa shape index (κ3) is 5.44. The number of nitrogens with one attached hydrogen (secondary N) is 1. The molecule has 5 heteroatoms. The Morgan fingerprint density at radius 2 is 1.84 bits per heavy atom. The Balaban J connectivity index is 1.44. The highest BCUT2D eigenvalue weighted by Gasteiger charge is 2.16. The van der Waals surface area contributed by atoms with Crippen molar-refractivity contribution in [3.63, 3.8) is 0 Å². The molecule has 1 aliphatic heterocycles. The number of aryl methyl sites for hydroxylation is 1. The van der Waals surface area contributed by atoms with Gasteiger partial charge in [0.05, 0.1) is 4.58 Å². The lowest BCUT2D eigenvalue weighted by Gasteiger charge is -2.21.